The Morgan fingerprint density at radius 1 is 1.62 bits per heavy atom. The molecule has 0 unspecified atom stereocenters. The van der Waals surface area contributed by atoms with E-state index >= 15 is 0 Å². The van der Waals surface area contributed by atoms with Crippen molar-refractivity contribution in [2.24, 2.45) is 0 Å². The van der Waals surface area contributed by atoms with Crippen LogP contribution in [-0.2, 0) is 4.79 Å². The summed E-state index contributed by atoms with van der Waals surface area (Å²) >= 11 is 0. The maximum atomic E-state index is 10.2. The molecular formula is C10H11NO2. The van der Waals surface area contributed by atoms with E-state index in [0.29, 0.717) is 0 Å². The number of nitrogens with zero attached hydrogens (tertiary/aromatic N) is 1. The zero-order valence-corrected chi connectivity index (χ0v) is 7.40. The second-order valence-electron chi connectivity index (χ2n) is 2.76. The Balaban J connectivity index is 2.59. The van der Waals surface area contributed by atoms with Crippen LogP contribution in [0.25, 0.3) is 6.08 Å². The molecule has 0 atom stereocenters. The molecule has 68 valence electrons. The lowest BCUT2D eigenvalue weighted by atomic mass is 10.2. The monoisotopic (exact) mass is 177 g/mol. The molecule has 1 N–H and O–H groups in total. The number of carbonyl (C=O) groups is 1. The van der Waals surface area contributed by atoms with Gasteiger partial charge in [0.05, 0.1) is 12.1 Å². The third kappa shape index (κ3) is 3.51. The first-order valence-corrected chi connectivity index (χ1v) is 3.99. The highest BCUT2D eigenvalue weighted by molar-refractivity contribution is 5.70. The lowest BCUT2D eigenvalue weighted by molar-refractivity contribution is -0.135. The summed E-state index contributed by atoms with van der Waals surface area (Å²) in [5.74, 6) is -0.830. The van der Waals surface area contributed by atoms with Gasteiger partial charge < -0.3 is 5.11 Å². The van der Waals surface area contributed by atoms with Gasteiger partial charge in [-0.25, -0.2) is 0 Å². The van der Waals surface area contributed by atoms with Gasteiger partial charge in [-0.05, 0) is 24.6 Å². The van der Waals surface area contributed by atoms with Crippen LogP contribution in [0.5, 0.6) is 0 Å². The Morgan fingerprint density at radius 3 is 2.92 bits per heavy atom. The van der Waals surface area contributed by atoms with Gasteiger partial charge in [0.1, 0.15) is 0 Å². The minimum absolute atomic E-state index is 0.0373. The molecule has 0 saturated heterocycles. The van der Waals surface area contributed by atoms with Crippen molar-refractivity contribution >= 4 is 12.0 Å². The fraction of sp³-hybridized carbons (Fsp3) is 0.200. The van der Waals surface area contributed by atoms with Crippen molar-refractivity contribution in [3.05, 3.63) is 35.7 Å². The number of aryl methyl sites for hydroxylation is 1. The predicted molar refractivity (Wildman–Crippen MR) is 50.3 cm³/mol. The molecule has 1 rings (SSSR count). The summed E-state index contributed by atoms with van der Waals surface area (Å²) in [5, 5.41) is 8.36. The van der Waals surface area contributed by atoms with Crippen LogP contribution in [0.15, 0.2) is 24.4 Å². The lowest BCUT2D eigenvalue weighted by Gasteiger charge is -1.92. The summed E-state index contributed by atoms with van der Waals surface area (Å²) in [6, 6.07) is 3.79. The summed E-state index contributed by atoms with van der Waals surface area (Å²) in [7, 11) is 0. The first-order valence-electron chi connectivity index (χ1n) is 3.99. The zero-order valence-electron chi connectivity index (χ0n) is 7.40. The number of hydrogen-bond donors (Lipinski definition) is 1. The molecule has 0 aromatic carbocycles. The summed E-state index contributed by atoms with van der Waals surface area (Å²) < 4.78 is 0. The Bertz CT molecular complexity index is 314. The average Bonchev–Trinajstić information content (AvgIpc) is 2.08. The molecule has 0 bridgehead atoms. The van der Waals surface area contributed by atoms with Crippen molar-refractivity contribution < 1.29 is 9.90 Å². The van der Waals surface area contributed by atoms with Gasteiger partial charge in [0.15, 0.2) is 0 Å². The van der Waals surface area contributed by atoms with Crippen LogP contribution < -0.4 is 0 Å². The molecule has 0 spiro atoms. The Hall–Kier alpha value is -1.64. The number of rotatable bonds is 3. The Labute approximate surface area is 76.7 Å². The minimum Gasteiger partial charge on any atom is -0.481 e. The van der Waals surface area contributed by atoms with Crippen LogP contribution in [0.3, 0.4) is 0 Å². The van der Waals surface area contributed by atoms with Gasteiger partial charge in [0, 0.05) is 6.20 Å². The lowest BCUT2D eigenvalue weighted by Crippen LogP contribution is -1.90. The predicted octanol–water partition coefficient (Wildman–Crippen LogP) is 1.88. The molecule has 0 aliphatic rings. The van der Waals surface area contributed by atoms with Crippen molar-refractivity contribution in [3.8, 4) is 0 Å². The molecule has 13 heavy (non-hydrogen) atoms. The van der Waals surface area contributed by atoms with Crippen LogP contribution in [0.2, 0.25) is 0 Å². The van der Waals surface area contributed by atoms with Crippen LogP contribution in [0.1, 0.15) is 17.7 Å². The van der Waals surface area contributed by atoms with E-state index < -0.39 is 5.97 Å². The van der Waals surface area contributed by atoms with E-state index in [0.717, 1.165) is 11.3 Å². The number of aromatic nitrogens is 1. The highest BCUT2D eigenvalue weighted by Gasteiger charge is 1.91. The average molecular weight is 177 g/mol. The number of carboxylic acid groups (broad SMARTS) is 1. The van der Waals surface area contributed by atoms with Gasteiger partial charge in [-0.3, -0.25) is 9.78 Å². The highest BCUT2D eigenvalue weighted by Crippen LogP contribution is 2.01. The molecule has 3 nitrogen and oxygen atoms in total. The van der Waals surface area contributed by atoms with E-state index in [2.05, 4.69) is 4.98 Å². The number of hydrogen-bond acceptors (Lipinski definition) is 2. The Kier molecular flexibility index (Phi) is 3.20. The van der Waals surface area contributed by atoms with Crippen molar-refractivity contribution in [2.45, 2.75) is 13.3 Å². The molecule has 0 saturated carbocycles. The molecule has 1 aromatic heterocycles. The first-order chi connectivity index (χ1) is 6.18. The van der Waals surface area contributed by atoms with Gasteiger partial charge in [-0.1, -0.05) is 12.1 Å². The molecule has 0 aliphatic carbocycles. The third-order valence-corrected chi connectivity index (χ3v) is 1.52. The van der Waals surface area contributed by atoms with Gasteiger partial charge >= 0.3 is 5.97 Å². The summed E-state index contributed by atoms with van der Waals surface area (Å²) in [6.45, 7) is 1.96. The van der Waals surface area contributed by atoms with Gasteiger partial charge in [0.2, 0.25) is 0 Å². The zero-order chi connectivity index (χ0) is 9.68. The quantitative estimate of drug-likeness (QED) is 0.766. The largest absolute Gasteiger partial charge is 0.481 e. The summed E-state index contributed by atoms with van der Waals surface area (Å²) in [4.78, 5) is 14.3. The fourth-order valence-electron chi connectivity index (χ4n) is 0.858. The van der Waals surface area contributed by atoms with Crippen LogP contribution in [0, 0.1) is 6.92 Å². The van der Waals surface area contributed by atoms with Crippen molar-refractivity contribution in [3.63, 3.8) is 0 Å². The van der Waals surface area contributed by atoms with Crippen LogP contribution in [0.4, 0.5) is 0 Å². The molecule has 3 heteroatoms. The van der Waals surface area contributed by atoms with Gasteiger partial charge in [-0.15, -0.1) is 0 Å². The standard InChI is InChI=1S/C10H11NO2/c1-8-5-6-9(11-7-8)3-2-4-10(12)13/h2-3,5-7H,4H2,1H3,(H,12,13). The first kappa shape index (κ1) is 9.45. The topological polar surface area (TPSA) is 50.2 Å². The second kappa shape index (κ2) is 4.40. The van der Waals surface area contributed by atoms with Crippen molar-refractivity contribution in [2.75, 3.05) is 0 Å². The minimum atomic E-state index is -0.830. The van der Waals surface area contributed by atoms with Crippen molar-refractivity contribution in [1.29, 1.82) is 0 Å². The van der Waals surface area contributed by atoms with Gasteiger partial charge in [0.25, 0.3) is 0 Å². The molecule has 0 amide bonds. The van der Waals surface area contributed by atoms with E-state index in [4.69, 9.17) is 5.11 Å². The van der Waals surface area contributed by atoms with Crippen LogP contribution in [-0.4, -0.2) is 16.1 Å². The third-order valence-electron chi connectivity index (χ3n) is 1.52. The SMILES string of the molecule is Cc1ccc(C=CCC(=O)O)nc1. The van der Waals surface area contributed by atoms with E-state index in [9.17, 15) is 4.79 Å². The smallest absolute Gasteiger partial charge is 0.307 e. The molecule has 0 fully saturated rings. The van der Waals surface area contributed by atoms with Crippen molar-refractivity contribution in [1.82, 2.24) is 4.98 Å². The Morgan fingerprint density at radius 2 is 2.38 bits per heavy atom. The van der Waals surface area contributed by atoms with E-state index in [1.165, 1.54) is 0 Å². The molecule has 0 radical (unpaired) electrons. The summed E-state index contributed by atoms with van der Waals surface area (Å²) in [5.41, 5.74) is 1.88. The van der Waals surface area contributed by atoms with Gasteiger partial charge in [-0.2, -0.15) is 0 Å². The summed E-state index contributed by atoms with van der Waals surface area (Å²) in [6.07, 6.45) is 5.07. The van der Waals surface area contributed by atoms with E-state index in [1.807, 2.05) is 19.1 Å². The fourth-order valence-corrected chi connectivity index (χ4v) is 0.858. The molecule has 1 aromatic rings. The maximum absolute atomic E-state index is 10.2. The molecule has 1 heterocycles. The second-order valence-corrected chi connectivity index (χ2v) is 2.76. The number of carboxylic acids is 1. The highest BCUT2D eigenvalue weighted by atomic mass is 16.4. The number of pyridine rings is 1. The molecule has 0 aliphatic heterocycles. The number of aliphatic carboxylic acids is 1. The molecular weight excluding hydrogens is 166 g/mol. The van der Waals surface area contributed by atoms with E-state index in [-0.39, 0.29) is 6.42 Å². The normalized spacial score (nSPS) is 10.5. The maximum Gasteiger partial charge on any atom is 0.307 e. The van der Waals surface area contributed by atoms with Crippen LogP contribution >= 0.6 is 0 Å². The van der Waals surface area contributed by atoms with E-state index in [1.54, 1.807) is 18.3 Å².